The highest BCUT2D eigenvalue weighted by atomic mass is 16.5. The van der Waals surface area contributed by atoms with Crippen molar-refractivity contribution in [3.63, 3.8) is 0 Å². The molecule has 0 radical (unpaired) electrons. The zero-order chi connectivity index (χ0) is 18.5. The van der Waals surface area contributed by atoms with Crippen molar-refractivity contribution in [3.05, 3.63) is 0 Å². The van der Waals surface area contributed by atoms with E-state index in [0.717, 1.165) is 11.8 Å². The summed E-state index contributed by atoms with van der Waals surface area (Å²) in [6.45, 7) is 4.64. The zero-order valence-corrected chi connectivity index (χ0v) is 18.2. The maximum absolute atomic E-state index is 6.80. The SMILES string of the molecule is CCCCCCCCCC(OC1CCC(CCC)CC1)C1CCCCC1. The van der Waals surface area contributed by atoms with E-state index in [1.807, 2.05) is 0 Å². The lowest BCUT2D eigenvalue weighted by Crippen LogP contribution is -2.32. The van der Waals surface area contributed by atoms with Gasteiger partial charge in [-0.3, -0.25) is 0 Å². The molecule has 26 heavy (non-hydrogen) atoms. The molecule has 154 valence electrons. The molecule has 1 unspecified atom stereocenters. The van der Waals surface area contributed by atoms with Gasteiger partial charge in [-0.1, -0.05) is 90.9 Å². The van der Waals surface area contributed by atoms with Crippen molar-refractivity contribution in [2.24, 2.45) is 11.8 Å². The summed E-state index contributed by atoms with van der Waals surface area (Å²) in [5.74, 6) is 1.87. The molecule has 0 amide bonds. The summed E-state index contributed by atoms with van der Waals surface area (Å²) in [5.41, 5.74) is 0. The highest BCUT2D eigenvalue weighted by Gasteiger charge is 2.29. The third-order valence-electron chi connectivity index (χ3n) is 7.13. The lowest BCUT2D eigenvalue weighted by molar-refractivity contribution is -0.0736. The Morgan fingerprint density at radius 3 is 2.00 bits per heavy atom. The van der Waals surface area contributed by atoms with E-state index in [1.54, 1.807) is 0 Å². The van der Waals surface area contributed by atoms with E-state index in [0.29, 0.717) is 12.2 Å². The lowest BCUT2D eigenvalue weighted by Gasteiger charge is -2.36. The van der Waals surface area contributed by atoms with Crippen LogP contribution in [-0.4, -0.2) is 12.2 Å². The van der Waals surface area contributed by atoms with Crippen LogP contribution in [0.4, 0.5) is 0 Å². The van der Waals surface area contributed by atoms with Crippen molar-refractivity contribution in [1.82, 2.24) is 0 Å². The molecule has 0 aromatic heterocycles. The van der Waals surface area contributed by atoms with Gasteiger partial charge in [0.05, 0.1) is 12.2 Å². The quantitative estimate of drug-likeness (QED) is 0.298. The molecule has 0 spiro atoms. The van der Waals surface area contributed by atoms with Crippen LogP contribution >= 0.6 is 0 Å². The Bertz CT molecular complexity index is 312. The maximum atomic E-state index is 6.80. The standard InChI is InChI=1S/C25H48O/c1-3-5-6-7-8-9-13-17-25(23-15-11-10-12-16-23)26-24-20-18-22(14-4-2)19-21-24/h22-25H,3-21H2,1-2H3. The van der Waals surface area contributed by atoms with Crippen molar-refractivity contribution in [1.29, 1.82) is 0 Å². The van der Waals surface area contributed by atoms with Crippen molar-refractivity contribution in [3.8, 4) is 0 Å². The molecule has 0 saturated heterocycles. The average molecular weight is 365 g/mol. The van der Waals surface area contributed by atoms with Crippen LogP contribution < -0.4 is 0 Å². The smallest absolute Gasteiger partial charge is 0.0607 e. The van der Waals surface area contributed by atoms with E-state index in [9.17, 15) is 0 Å². The average Bonchev–Trinajstić information content (AvgIpc) is 2.68. The first kappa shape index (κ1) is 22.3. The van der Waals surface area contributed by atoms with Crippen LogP contribution in [0.3, 0.4) is 0 Å². The van der Waals surface area contributed by atoms with Crippen LogP contribution in [0.2, 0.25) is 0 Å². The highest BCUT2D eigenvalue weighted by Crippen LogP contribution is 2.35. The number of hydrogen-bond acceptors (Lipinski definition) is 1. The van der Waals surface area contributed by atoms with E-state index in [-0.39, 0.29) is 0 Å². The molecule has 1 atom stereocenters. The first-order valence-corrected chi connectivity index (χ1v) is 12.5. The van der Waals surface area contributed by atoms with Crippen LogP contribution in [0, 0.1) is 11.8 Å². The van der Waals surface area contributed by atoms with Crippen molar-refractivity contribution < 1.29 is 4.74 Å². The molecule has 0 bridgehead atoms. The molecule has 2 rings (SSSR count). The van der Waals surface area contributed by atoms with Gasteiger partial charge in [0.2, 0.25) is 0 Å². The van der Waals surface area contributed by atoms with E-state index in [2.05, 4.69) is 13.8 Å². The second-order valence-electron chi connectivity index (χ2n) is 9.41. The van der Waals surface area contributed by atoms with Gasteiger partial charge in [0.1, 0.15) is 0 Å². The van der Waals surface area contributed by atoms with Gasteiger partial charge < -0.3 is 4.74 Å². The van der Waals surface area contributed by atoms with Crippen LogP contribution in [0.5, 0.6) is 0 Å². The molecule has 1 nitrogen and oxygen atoms in total. The van der Waals surface area contributed by atoms with Gasteiger partial charge in [0, 0.05) is 0 Å². The molecular weight excluding hydrogens is 316 g/mol. The van der Waals surface area contributed by atoms with Crippen LogP contribution in [0.25, 0.3) is 0 Å². The van der Waals surface area contributed by atoms with Gasteiger partial charge in [-0.2, -0.15) is 0 Å². The van der Waals surface area contributed by atoms with Gasteiger partial charge in [0.25, 0.3) is 0 Å². The Labute approximate surface area is 165 Å². The Morgan fingerprint density at radius 2 is 1.35 bits per heavy atom. The minimum atomic E-state index is 0.582. The fourth-order valence-electron chi connectivity index (χ4n) is 5.44. The van der Waals surface area contributed by atoms with Gasteiger partial charge in [-0.15, -0.1) is 0 Å². The molecule has 0 aromatic carbocycles. The maximum Gasteiger partial charge on any atom is 0.0607 e. The summed E-state index contributed by atoms with van der Waals surface area (Å²) in [6.07, 6.45) is 28.0. The van der Waals surface area contributed by atoms with Crippen LogP contribution in [0.1, 0.15) is 136 Å². The van der Waals surface area contributed by atoms with E-state index < -0.39 is 0 Å². The molecule has 2 aliphatic carbocycles. The lowest BCUT2D eigenvalue weighted by atomic mass is 9.82. The molecule has 0 aliphatic heterocycles. The summed E-state index contributed by atoms with van der Waals surface area (Å²) in [7, 11) is 0. The number of ether oxygens (including phenoxy) is 1. The molecule has 1 heteroatoms. The van der Waals surface area contributed by atoms with Gasteiger partial charge in [-0.25, -0.2) is 0 Å². The predicted molar refractivity (Wildman–Crippen MR) is 115 cm³/mol. The Balaban J connectivity index is 1.69. The number of hydrogen-bond donors (Lipinski definition) is 0. The minimum absolute atomic E-state index is 0.582. The first-order chi connectivity index (χ1) is 12.8. The second-order valence-corrected chi connectivity index (χ2v) is 9.41. The summed E-state index contributed by atoms with van der Waals surface area (Å²) in [5, 5.41) is 0. The number of unbranched alkanes of at least 4 members (excludes halogenated alkanes) is 6. The topological polar surface area (TPSA) is 9.23 Å². The van der Waals surface area contributed by atoms with Gasteiger partial charge >= 0.3 is 0 Å². The summed E-state index contributed by atoms with van der Waals surface area (Å²) < 4.78 is 6.80. The molecule has 0 heterocycles. The normalized spacial score (nSPS) is 26.1. The number of rotatable bonds is 13. The molecule has 2 saturated carbocycles. The van der Waals surface area contributed by atoms with E-state index >= 15 is 0 Å². The fourth-order valence-corrected chi connectivity index (χ4v) is 5.44. The van der Waals surface area contributed by atoms with Gasteiger partial charge in [0.15, 0.2) is 0 Å². The van der Waals surface area contributed by atoms with Crippen LogP contribution in [-0.2, 0) is 4.74 Å². The summed E-state index contributed by atoms with van der Waals surface area (Å²) in [6, 6.07) is 0. The monoisotopic (exact) mass is 364 g/mol. The summed E-state index contributed by atoms with van der Waals surface area (Å²) >= 11 is 0. The van der Waals surface area contributed by atoms with Crippen molar-refractivity contribution >= 4 is 0 Å². The molecule has 2 aliphatic rings. The Kier molecular flexibility index (Phi) is 12.0. The van der Waals surface area contributed by atoms with E-state index in [1.165, 1.54) is 122 Å². The largest absolute Gasteiger partial charge is 0.375 e. The minimum Gasteiger partial charge on any atom is -0.375 e. The molecular formula is C25H48O. The molecule has 0 N–H and O–H groups in total. The van der Waals surface area contributed by atoms with E-state index in [4.69, 9.17) is 4.74 Å². The fraction of sp³-hybridized carbons (Fsp3) is 1.00. The zero-order valence-electron chi connectivity index (χ0n) is 18.2. The molecule has 0 aromatic rings. The predicted octanol–water partition coefficient (Wildman–Crippen LogP) is 8.45. The highest BCUT2D eigenvalue weighted by molar-refractivity contribution is 4.79. The van der Waals surface area contributed by atoms with Crippen molar-refractivity contribution in [2.45, 2.75) is 148 Å². The third kappa shape index (κ3) is 8.77. The first-order valence-electron chi connectivity index (χ1n) is 12.5. The third-order valence-corrected chi connectivity index (χ3v) is 7.13. The van der Waals surface area contributed by atoms with Crippen LogP contribution in [0.15, 0.2) is 0 Å². The molecule has 2 fully saturated rings. The summed E-state index contributed by atoms with van der Waals surface area (Å²) in [4.78, 5) is 0. The Morgan fingerprint density at radius 1 is 0.692 bits per heavy atom. The second kappa shape index (κ2) is 14.0. The Hall–Kier alpha value is -0.0400. The van der Waals surface area contributed by atoms with Gasteiger partial charge in [-0.05, 0) is 56.8 Å². The van der Waals surface area contributed by atoms with Crippen molar-refractivity contribution in [2.75, 3.05) is 0 Å².